The maximum atomic E-state index is 12.4. The smallest absolute Gasteiger partial charge is 0.265 e. The predicted octanol–water partition coefficient (Wildman–Crippen LogP) is 4.52. The van der Waals surface area contributed by atoms with Crippen LogP contribution < -0.4 is 5.32 Å². The second-order valence-electron chi connectivity index (χ2n) is 7.34. The second-order valence-corrected chi connectivity index (χ2v) is 8.29. The van der Waals surface area contributed by atoms with Crippen LogP contribution in [0.4, 0.5) is 5.69 Å². The second kappa shape index (κ2) is 6.94. The number of benzene rings is 1. The minimum atomic E-state index is -0.0656. The van der Waals surface area contributed by atoms with Crippen LogP contribution in [0.2, 0.25) is 0 Å². The van der Waals surface area contributed by atoms with E-state index in [1.54, 1.807) is 0 Å². The summed E-state index contributed by atoms with van der Waals surface area (Å²) in [6.45, 7) is 2.23. The Morgan fingerprint density at radius 3 is 3.15 bits per heavy atom. The van der Waals surface area contributed by atoms with E-state index in [9.17, 15) is 4.79 Å². The van der Waals surface area contributed by atoms with Crippen molar-refractivity contribution in [1.29, 1.82) is 0 Å². The molecule has 0 aliphatic carbocycles. The zero-order valence-electron chi connectivity index (χ0n) is 15.1. The van der Waals surface area contributed by atoms with E-state index in [1.165, 1.54) is 42.7 Å². The number of anilines is 1. The van der Waals surface area contributed by atoms with Gasteiger partial charge in [0.15, 0.2) is 0 Å². The SMILES string of the molecule is O=C(Nc1ccc2[nH]nc(C3=CCN4CCCCC4C3)c2c1)c1cccs1. The van der Waals surface area contributed by atoms with Gasteiger partial charge >= 0.3 is 0 Å². The number of aromatic nitrogens is 2. The van der Waals surface area contributed by atoms with Crippen LogP contribution in [0.3, 0.4) is 0 Å². The molecule has 1 unspecified atom stereocenters. The van der Waals surface area contributed by atoms with E-state index in [0.29, 0.717) is 6.04 Å². The molecule has 0 spiro atoms. The van der Waals surface area contributed by atoms with E-state index >= 15 is 0 Å². The lowest BCUT2D eigenvalue weighted by atomic mass is 9.90. The molecule has 1 fully saturated rings. The lowest BCUT2D eigenvalue weighted by molar-refractivity contribution is 0.103. The molecule has 27 heavy (non-hydrogen) atoms. The van der Waals surface area contributed by atoms with Crippen molar-refractivity contribution >= 4 is 39.4 Å². The normalized spacial score (nSPS) is 20.3. The van der Waals surface area contributed by atoms with Gasteiger partial charge in [0.1, 0.15) is 0 Å². The molecule has 2 N–H and O–H groups in total. The van der Waals surface area contributed by atoms with Gasteiger partial charge in [0.05, 0.1) is 16.1 Å². The lowest BCUT2D eigenvalue weighted by Crippen LogP contribution is -2.41. The number of nitrogens with zero attached hydrogens (tertiary/aromatic N) is 2. The highest BCUT2D eigenvalue weighted by Gasteiger charge is 2.27. The first-order valence-corrected chi connectivity index (χ1v) is 10.4. The zero-order valence-corrected chi connectivity index (χ0v) is 15.9. The van der Waals surface area contributed by atoms with Gasteiger partial charge in [0.25, 0.3) is 5.91 Å². The summed E-state index contributed by atoms with van der Waals surface area (Å²) in [5.41, 5.74) is 4.17. The van der Waals surface area contributed by atoms with Crippen molar-refractivity contribution in [1.82, 2.24) is 15.1 Å². The number of nitrogens with one attached hydrogen (secondary N) is 2. The molecule has 2 aromatic heterocycles. The molecule has 5 rings (SSSR count). The highest BCUT2D eigenvalue weighted by Crippen LogP contribution is 2.34. The molecule has 0 bridgehead atoms. The molecule has 2 aliphatic heterocycles. The Morgan fingerprint density at radius 1 is 1.30 bits per heavy atom. The van der Waals surface area contributed by atoms with Crippen molar-refractivity contribution in [2.75, 3.05) is 18.4 Å². The van der Waals surface area contributed by atoms with Gasteiger partial charge in [0.2, 0.25) is 0 Å². The molecule has 0 saturated carbocycles. The highest BCUT2D eigenvalue weighted by molar-refractivity contribution is 7.12. The maximum Gasteiger partial charge on any atom is 0.265 e. The van der Waals surface area contributed by atoms with Gasteiger partial charge in [-0.3, -0.25) is 14.8 Å². The summed E-state index contributed by atoms with van der Waals surface area (Å²) in [5, 5.41) is 13.7. The number of carbonyl (C=O) groups is 1. The molecule has 1 saturated heterocycles. The molecule has 0 radical (unpaired) electrons. The Balaban J connectivity index is 1.43. The van der Waals surface area contributed by atoms with Crippen LogP contribution in [-0.2, 0) is 0 Å². The number of hydrogen-bond acceptors (Lipinski definition) is 4. The van der Waals surface area contributed by atoms with Crippen molar-refractivity contribution in [2.24, 2.45) is 0 Å². The van der Waals surface area contributed by atoms with Gasteiger partial charge in [0, 0.05) is 23.7 Å². The van der Waals surface area contributed by atoms with Gasteiger partial charge in [-0.15, -0.1) is 11.3 Å². The van der Waals surface area contributed by atoms with E-state index in [1.807, 2.05) is 35.7 Å². The monoisotopic (exact) mass is 378 g/mol. The van der Waals surface area contributed by atoms with Crippen LogP contribution in [0.15, 0.2) is 41.8 Å². The van der Waals surface area contributed by atoms with Gasteiger partial charge in [-0.25, -0.2) is 0 Å². The Kier molecular flexibility index (Phi) is 4.30. The Hall–Kier alpha value is -2.44. The first-order valence-electron chi connectivity index (χ1n) is 9.54. The summed E-state index contributed by atoms with van der Waals surface area (Å²) in [4.78, 5) is 15.7. The largest absolute Gasteiger partial charge is 0.321 e. The van der Waals surface area contributed by atoms with Crippen LogP contribution in [0.5, 0.6) is 0 Å². The number of aromatic amines is 1. The number of rotatable bonds is 3. The molecule has 4 heterocycles. The van der Waals surface area contributed by atoms with Crippen molar-refractivity contribution in [3.63, 3.8) is 0 Å². The number of carbonyl (C=O) groups excluding carboxylic acids is 1. The summed E-state index contributed by atoms with van der Waals surface area (Å²) in [7, 11) is 0. The van der Waals surface area contributed by atoms with Crippen molar-refractivity contribution in [3.05, 3.63) is 52.4 Å². The summed E-state index contributed by atoms with van der Waals surface area (Å²) >= 11 is 1.45. The highest BCUT2D eigenvalue weighted by atomic mass is 32.1. The van der Waals surface area contributed by atoms with Crippen molar-refractivity contribution < 1.29 is 4.79 Å². The maximum absolute atomic E-state index is 12.4. The average Bonchev–Trinajstić information content (AvgIpc) is 3.37. The molecular weight excluding hydrogens is 356 g/mol. The number of H-pyrrole nitrogens is 1. The number of piperidine rings is 1. The van der Waals surface area contributed by atoms with E-state index in [2.05, 4.69) is 26.5 Å². The van der Waals surface area contributed by atoms with Gasteiger partial charge in [-0.1, -0.05) is 18.6 Å². The summed E-state index contributed by atoms with van der Waals surface area (Å²) in [6.07, 6.45) is 7.31. The van der Waals surface area contributed by atoms with E-state index in [-0.39, 0.29) is 5.91 Å². The summed E-state index contributed by atoms with van der Waals surface area (Å²) in [5.74, 6) is -0.0656. The van der Waals surface area contributed by atoms with Gasteiger partial charge in [-0.05, 0) is 61.0 Å². The van der Waals surface area contributed by atoms with Crippen molar-refractivity contribution in [2.45, 2.75) is 31.7 Å². The Morgan fingerprint density at radius 2 is 2.26 bits per heavy atom. The minimum absolute atomic E-state index is 0.0656. The third-order valence-corrected chi connectivity index (χ3v) is 6.52. The average molecular weight is 379 g/mol. The number of hydrogen-bond donors (Lipinski definition) is 2. The number of fused-ring (bicyclic) bond motifs is 2. The Labute approximate surface area is 162 Å². The van der Waals surface area contributed by atoms with E-state index in [0.717, 1.165) is 40.1 Å². The topological polar surface area (TPSA) is 61.0 Å². The van der Waals surface area contributed by atoms with Crippen molar-refractivity contribution in [3.8, 4) is 0 Å². The Bertz CT molecular complexity index is 1000. The molecule has 138 valence electrons. The van der Waals surface area contributed by atoms with E-state index < -0.39 is 0 Å². The lowest BCUT2D eigenvalue weighted by Gasteiger charge is -2.38. The van der Waals surface area contributed by atoms with Crippen LogP contribution in [0.1, 0.15) is 41.0 Å². The number of thiophene rings is 1. The molecule has 1 atom stereocenters. The first-order chi connectivity index (χ1) is 13.3. The molecule has 1 aromatic carbocycles. The molecule has 3 aromatic rings. The van der Waals surface area contributed by atoms with Crippen LogP contribution >= 0.6 is 11.3 Å². The fourth-order valence-corrected chi connectivity index (χ4v) is 4.85. The van der Waals surface area contributed by atoms with Crippen LogP contribution in [0.25, 0.3) is 16.5 Å². The predicted molar refractivity (Wildman–Crippen MR) is 110 cm³/mol. The molecule has 2 aliphatic rings. The number of amides is 1. The van der Waals surface area contributed by atoms with Gasteiger partial charge < -0.3 is 5.32 Å². The van der Waals surface area contributed by atoms with Gasteiger partial charge in [-0.2, -0.15) is 5.10 Å². The molecule has 6 heteroatoms. The zero-order chi connectivity index (χ0) is 18.2. The van der Waals surface area contributed by atoms with E-state index in [4.69, 9.17) is 0 Å². The third kappa shape index (κ3) is 3.19. The molecular formula is C21H22N4OS. The molecule has 1 amide bonds. The summed E-state index contributed by atoms with van der Waals surface area (Å²) in [6, 6.07) is 10.3. The summed E-state index contributed by atoms with van der Waals surface area (Å²) < 4.78 is 0. The quantitative estimate of drug-likeness (QED) is 0.704. The minimum Gasteiger partial charge on any atom is -0.321 e. The third-order valence-electron chi connectivity index (χ3n) is 5.65. The fourth-order valence-electron chi connectivity index (χ4n) is 4.23. The fraction of sp³-hybridized carbons (Fsp3) is 0.333. The standard InChI is InChI=1S/C21H22N4OS/c26-21(19-5-3-11-27-19)22-15-6-7-18-17(13-15)20(24-23-18)14-8-10-25-9-2-1-4-16(25)12-14/h3,5-8,11,13,16H,1-2,4,9-10,12H2,(H,22,26)(H,23,24). The molecule has 5 nitrogen and oxygen atoms in total. The first kappa shape index (κ1) is 16.7. The van der Waals surface area contributed by atoms with Crippen LogP contribution in [-0.4, -0.2) is 40.1 Å². The van der Waals surface area contributed by atoms with Crippen LogP contribution in [0, 0.1) is 0 Å².